The van der Waals surface area contributed by atoms with E-state index in [4.69, 9.17) is 5.73 Å². The summed E-state index contributed by atoms with van der Waals surface area (Å²) in [6, 6.07) is 8.68. The Morgan fingerprint density at radius 1 is 0.633 bits per heavy atom. The molecule has 0 atom stereocenters. The molecule has 2 aliphatic rings. The Hall–Kier alpha value is -0.980. The molecule has 0 aliphatic heterocycles. The number of nitrogens with two attached hydrogens (primary N) is 1. The van der Waals surface area contributed by atoms with E-state index in [-0.39, 0.29) is 0 Å². The number of nitrogen functional groups attached to an aromatic ring is 1. The van der Waals surface area contributed by atoms with Crippen LogP contribution in [0.5, 0.6) is 0 Å². The molecule has 1 nitrogen and oxygen atoms in total. The van der Waals surface area contributed by atoms with Gasteiger partial charge in [0.2, 0.25) is 0 Å². The molecule has 0 heterocycles. The third kappa shape index (κ3) is 7.93. The topological polar surface area (TPSA) is 26.0 Å². The maximum absolute atomic E-state index is 5.86. The molecular weight excluding hydrogens is 362 g/mol. The van der Waals surface area contributed by atoms with E-state index in [2.05, 4.69) is 31.2 Å². The fourth-order valence-electron chi connectivity index (χ4n) is 6.38. The van der Waals surface area contributed by atoms with Crippen molar-refractivity contribution in [3.05, 3.63) is 29.8 Å². The minimum Gasteiger partial charge on any atom is -0.399 e. The number of benzene rings is 1. The average Bonchev–Trinajstić information content (AvgIpc) is 2.79. The van der Waals surface area contributed by atoms with Crippen LogP contribution in [0, 0.1) is 17.8 Å². The normalized spacial score (nSPS) is 27.2. The smallest absolute Gasteiger partial charge is 0.0314 e. The van der Waals surface area contributed by atoms with Crippen molar-refractivity contribution in [1.82, 2.24) is 0 Å². The molecule has 30 heavy (non-hydrogen) atoms. The lowest BCUT2D eigenvalue weighted by atomic mass is 9.68. The third-order valence-corrected chi connectivity index (χ3v) is 8.45. The van der Waals surface area contributed by atoms with Gasteiger partial charge >= 0.3 is 0 Å². The number of unbranched alkanes of at least 4 members (excludes halogenated alkanes) is 8. The Bertz CT molecular complexity index is 546. The van der Waals surface area contributed by atoms with Crippen LogP contribution in [0.4, 0.5) is 5.69 Å². The van der Waals surface area contributed by atoms with Crippen LogP contribution < -0.4 is 5.73 Å². The molecule has 0 unspecified atom stereocenters. The minimum absolute atomic E-state index is 0.782. The van der Waals surface area contributed by atoms with Crippen LogP contribution in [0.15, 0.2) is 24.3 Å². The summed E-state index contributed by atoms with van der Waals surface area (Å²) in [6.07, 6.45) is 26.5. The lowest BCUT2D eigenvalue weighted by Crippen LogP contribution is -2.25. The zero-order valence-corrected chi connectivity index (χ0v) is 19.9. The first kappa shape index (κ1) is 23.7. The van der Waals surface area contributed by atoms with Gasteiger partial charge < -0.3 is 5.73 Å². The molecule has 2 aliphatic carbocycles. The number of anilines is 1. The van der Waals surface area contributed by atoms with Gasteiger partial charge in [-0.3, -0.25) is 0 Å². The van der Waals surface area contributed by atoms with Crippen molar-refractivity contribution in [2.24, 2.45) is 17.8 Å². The second kappa shape index (κ2) is 13.4. The van der Waals surface area contributed by atoms with Gasteiger partial charge in [0.25, 0.3) is 0 Å². The number of hydrogen-bond acceptors (Lipinski definition) is 1. The van der Waals surface area contributed by atoms with E-state index >= 15 is 0 Å². The van der Waals surface area contributed by atoms with Crippen molar-refractivity contribution >= 4 is 5.69 Å². The minimum atomic E-state index is 0.782. The van der Waals surface area contributed by atoms with Crippen molar-refractivity contribution in [3.8, 4) is 0 Å². The van der Waals surface area contributed by atoms with Gasteiger partial charge in [0.1, 0.15) is 0 Å². The second-order valence-corrected chi connectivity index (χ2v) is 10.7. The monoisotopic (exact) mass is 411 g/mol. The van der Waals surface area contributed by atoms with E-state index in [0.717, 1.165) is 29.4 Å². The quantitative estimate of drug-likeness (QED) is 0.269. The molecule has 1 aromatic carbocycles. The van der Waals surface area contributed by atoms with Crippen molar-refractivity contribution in [3.63, 3.8) is 0 Å². The predicted molar refractivity (Wildman–Crippen MR) is 133 cm³/mol. The molecule has 0 spiro atoms. The molecule has 2 N–H and O–H groups in total. The SMILES string of the molecule is CCCCCCCCCCC[C@H]1CC[C@H](C2CCC(c3ccc(N)cc3)CC2)CC1. The van der Waals surface area contributed by atoms with Crippen LogP contribution in [0.3, 0.4) is 0 Å². The van der Waals surface area contributed by atoms with E-state index in [1.165, 1.54) is 121 Å². The molecule has 1 heteroatoms. The van der Waals surface area contributed by atoms with Crippen LogP contribution in [0.25, 0.3) is 0 Å². The summed E-state index contributed by atoms with van der Waals surface area (Å²) in [4.78, 5) is 0. The summed E-state index contributed by atoms with van der Waals surface area (Å²) in [5.41, 5.74) is 8.27. The zero-order chi connectivity index (χ0) is 21.0. The number of hydrogen-bond donors (Lipinski definition) is 1. The third-order valence-electron chi connectivity index (χ3n) is 8.45. The van der Waals surface area contributed by atoms with E-state index < -0.39 is 0 Å². The maximum atomic E-state index is 5.86. The van der Waals surface area contributed by atoms with E-state index in [9.17, 15) is 0 Å². The van der Waals surface area contributed by atoms with Crippen LogP contribution in [-0.4, -0.2) is 0 Å². The van der Waals surface area contributed by atoms with E-state index in [1.807, 2.05) is 0 Å². The summed E-state index contributed by atoms with van der Waals surface area (Å²) in [5.74, 6) is 3.89. The largest absolute Gasteiger partial charge is 0.399 e. The first-order valence-corrected chi connectivity index (χ1v) is 13.6. The fourth-order valence-corrected chi connectivity index (χ4v) is 6.38. The lowest BCUT2D eigenvalue weighted by Gasteiger charge is -2.38. The Labute approximate surface area is 187 Å². The molecule has 0 aromatic heterocycles. The molecule has 1 aromatic rings. The van der Waals surface area contributed by atoms with Crippen LogP contribution in [-0.2, 0) is 0 Å². The van der Waals surface area contributed by atoms with Gasteiger partial charge in [-0.2, -0.15) is 0 Å². The highest BCUT2D eigenvalue weighted by Gasteiger charge is 2.31. The summed E-state index contributed by atoms with van der Waals surface area (Å²) < 4.78 is 0. The van der Waals surface area contributed by atoms with Gasteiger partial charge in [0.05, 0.1) is 0 Å². The van der Waals surface area contributed by atoms with Gasteiger partial charge in [0.15, 0.2) is 0 Å². The maximum Gasteiger partial charge on any atom is 0.0314 e. The Balaban J connectivity index is 1.22. The average molecular weight is 412 g/mol. The summed E-state index contributed by atoms with van der Waals surface area (Å²) in [6.45, 7) is 2.31. The molecule has 0 saturated heterocycles. The summed E-state index contributed by atoms with van der Waals surface area (Å²) in [5, 5.41) is 0. The van der Waals surface area contributed by atoms with Crippen molar-refractivity contribution in [1.29, 1.82) is 0 Å². The highest BCUT2D eigenvalue weighted by molar-refractivity contribution is 5.40. The Morgan fingerprint density at radius 2 is 1.13 bits per heavy atom. The van der Waals surface area contributed by atoms with Crippen LogP contribution in [0.1, 0.15) is 134 Å². The molecule has 170 valence electrons. The molecule has 0 amide bonds. The van der Waals surface area contributed by atoms with Gasteiger partial charge in [-0.15, -0.1) is 0 Å². The highest BCUT2D eigenvalue weighted by atomic mass is 14.5. The fraction of sp³-hybridized carbons (Fsp3) is 0.793. The van der Waals surface area contributed by atoms with Gasteiger partial charge in [-0.25, -0.2) is 0 Å². The number of rotatable bonds is 12. The van der Waals surface area contributed by atoms with Crippen molar-refractivity contribution in [2.75, 3.05) is 5.73 Å². The summed E-state index contributed by atoms with van der Waals surface area (Å²) in [7, 11) is 0. The molecular formula is C29H49N. The zero-order valence-electron chi connectivity index (χ0n) is 19.9. The highest BCUT2D eigenvalue weighted by Crippen LogP contribution is 2.44. The second-order valence-electron chi connectivity index (χ2n) is 10.7. The van der Waals surface area contributed by atoms with Crippen molar-refractivity contribution in [2.45, 2.75) is 128 Å². The first-order valence-electron chi connectivity index (χ1n) is 13.6. The Kier molecular flexibility index (Phi) is 10.6. The Morgan fingerprint density at radius 3 is 1.70 bits per heavy atom. The van der Waals surface area contributed by atoms with Crippen LogP contribution >= 0.6 is 0 Å². The lowest BCUT2D eigenvalue weighted by molar-refractivity contribution is 0.155. The molecule has 3 rings (SSSR count). The predicted octanol–water partition coefficient (Wildman–Crippen LogP) is 9.27. The summed E-state index contributed by atoms with van der Waals surface area (Å²) >= 11 is 0. The molecule has 2 fully saturated rings. The van der Waals surface area contributed by atoms with Gasteiger partial charge in [-0.05, 0) is 79.9 Å². The van der Waals surface area contributed by atoms with Crippen LogP contribution in [0.2, 0.25) is 0 Å². The first-order chi connectivity index (χ1) is 14.8. The molecule has 2 saturated carbocycles. The van der Waals surface area contributed by atoms with E-state index in [1.54, 1.807) is 0 Å². The van der Waals surface area contributed by atoms with Crippen molar-refractivity contribution < 1.29 is 0 Å². The van der Waals surface area contributed by atoms with E-state index in [0.29, 0.717) is 0 Å². The van der Waals surface area contributed by atoms with Gasteiger partial charge in [0, 0.05) is 5.69 Å². The molecule has 0 bridgehead atoms. The van der Waals surface area contributed by atoms with Gasteiger partial charge in [-0.1, -0.05) is 96.1 Å². The standard InChI is InChI=1S/C29H49N/c1-2-3-4-5-6-7-8-9-10-11-24-12-14-25(15-13-24)26-16-18-27(19-17-26)28-20-22-29(30)23-21-28/h20-27H,2-19,30H2,1H3/t24-,25-,26?,27?. The molecule has 0 radical (unpaired) electrons.